The molecular weight excluding hydrogens is 242 g/mol. The first-order chi connectivity index (χ1) is 7.61. The molecule has 0 fully saturated rings. The van der Waals surface area contributed by atoms with Gasteiger partial charge in [-0.15, -0.1) is 11.3 Å². The number of hydrogen-bond acceptors (Lipinski definition) is 5. The molecule has 1 aromatic rings. The molecule has 0 bridgehead atoms. The molecule has 1 atom stereocenters. The third-order valence-electron chi connectivity index (χ3n) is 1.92. The third kappa shape index (κ3) is 4.96. The van der Waals surface area contributed by atoms with Crippen molar-refractivity contribution in [3.05, 3.63) is 11.1 Å². The van der Waals surface area contributed by atoms with Crippen LogP contribution in [0.15, 0.2) is 5.38 Å². The molecule has 16 heavy (non-hydrogen) atoms. The van der Waals surface area contributed by atoms with Gasteiger partial charge >= 0.3 is 0 Å². The van der Waals surface area contributed by atoms with Crippen LogP contribution >= 0.6 is 23.1 Å². The number of anilines is 1. The van der Waals surface area contributed by atoms with Gasteiger partial charge in [0, 0.05) is 23.3 Å². The second-order valence-corrected chi connectivity index (χ2v) is 5.81. The van der Waals surface area contributed by atoms with Crippen LogP contribution in [0.2, 0.25) is 0 Å². The zero-order valence-corrected chi connectivity index (χ0v) is 11.2. The van der Waals surface area contributed by atoms with E-state index in [1.54, 1.807) is 0 Å². The van der Waals surface area contributed by atoms with E-state index in [4.69, 9.17) is 5.73 Å². The van der Waals surface area contributed by atoms with Crippen molar-refractivity contribution in [2.75, 3.05) is 11.9 Å². The van der Waals surface area contributed by atoms with Crippen LogP contribution in [-0.2, 0) is 10.5 Å². The highest BCUT2D eigenvalue weighted by molar-refractivity contribution is 7.99. The highest BCUT2D eigenvalue weighted by Crippen LogP contribution is 2.22. The molecule has 3 N–H and O–H groups in total. The minimum Gasteiger partial charge on any atom is -0.330 e. The van der Waals surface area contributed by atoms with Crippen LogP contribution in [-0.4, -0.2) is 22.7 Å². The predicted octanol–water partition coefficient (Wildman–Crippen LogP) is 2.07. The molecule has 1 rings (SSSR count). The summed E-state index contributed by atoms with van der Waals surface area (Å²) >= 11 is 3.30. The number of carbonyl (C=O) groups is 1. The Bertz CT molecular complexity index is 341. The van der Waals surface area contributed by atoms with Gasteiger partial charge in [0.2, 0.25) is 5.91 Å². The van der Waals surface area contributed by atoms with Crippen molar-refractivity contribution in [3.63, 3.8) is 0 Å². The molecular formula is C10H17N3OS2. The van der Waals surface area contributed by atoms with E-state index in [1.807, 2.05) is 17.1 Å². The highest BCUT2D eigenvalue weighted by Gasteiger charge is 2.06. The van der Waals surface area contributed by atoms with E-state index in [9.17, 15) is 4.79 Å². The Hall–Kier alpha value is -0.590. The predicted molar refractivity (Wildman–Crippen MR) is 70.8 cm³/mol. The summed E-state index contributed by atoms with van der Waals surface area (Å²) in [7, 11) is 0. The number of aromatic nitrogens is 1. The minimum absolute atomic E-state index is 0.0787. The number of carbonyl (C=O) groups excluding carboxylic acids is 1. The van der Waals surface area contributed by atoms with E-state index in [0.29, 0.717) is 10.4 Å². The van der Waals surface area contributed by atoms with Crippen molar-refractivity contribution in [3.8, 4) is 0 Å². The summed E-state index contributed by atoms with van der Waals surface area (Å²) in [5.41, 5.74) is 6.50. The lowest BCUT2D eigenvalue weighted by Crippen LogP contribution is -2.07. The lowest BCUT2D eigenvalue weighted by Gasteiger charge is -2.07. The Morgan fingerprint density at radius 1 is 1.75 bits per heavy atom. The van der Waals surface area contributed by atoms with Crippen LogP contribution in [0, 0.1) is 0 Å². The van der Waals surface area contributed by atoms with E-state index < -0.39 is 0 Å². The molecule has 0 spiro atoms. The highest BCUT2D eigenvalue weighted by atomic mass is 32.2. The molecule has 90 valence electrons. The summed E-state index contributed by atoms with van der Waals surface area (Å²) < 4.78 is 0. The van der Waals surface area contributed by atoms with Crippen molar-refractivity contribution in [2.45, 2.75) is 31.3 Å². The smallest absolute Gasteiger partial charge is 0.223 e. The molecule has 0 aromatic carbocycles. The molecule has 4 nitrogen and oxygen atoms in total. The number of nitrogens with zero attached hydrogens (tertiary/aromatic N) is 1. The van der Waals surface area contributed by atoms with Gasteiger partial charge in [-0.05, 0) is 13.0 Å². The first kappa shape index (κ1) is 13.5. The number of thiazole rings is 1. The summed E-state index contributed by atoms with van der Waals surface area (Å²) in [4.78, 5) is 15.1. The SMILES string of the molecule is CC(=O)Nc1nc(CSC(C)CCN)cs1. The van der Waals surface area contributed by atoms with Crippen LogP contribution in [0.25, 0.3) is 0 Å². The zero-order valence-electron chi connectivity index (χ0n) is 9.53. The molecule has 0 saturated heterocycles. The summed E-state index contributed by atoms with van der Waals surface area (Å²) in [6.07, 6.45) is 1.02. The molecule has 1 heterocycles. The monoisotopic (exact) mass is 259 g/mol. The van der Waals surface area contributed by atoms with Crippen molar-refractivity contribution in [1.82, 2.24) is 4.98 Å². The summed E-state index contributed by atoms with van der Waals surface area (Å²) in [6.45, 7) is 4.38. The van der Waals surface area contributed by atoms with E-state index in [2.05, 4.69) is 17.2 Å². The van der Waals surface area contributed by atoms with E-state index in [-0.39, 0.29) is 5.91 Å². The Balaban J connectivity index is 2.37. The average molecular weight is 259 g/mol. The quantitative estimate of drug-likeness (QED) is 0.820. The number of rotatable bonds is 6. The molecule has 0 saturated carbocycles. The second kappa shape index (κ2) is 6.88. The van der Waals surface area contributed by atoms with Crippen LogP contribution < -0.4 is 11.1 Å². The van der Waals surface area contributed by atoms with Gasteiger partial charge in [0.05, 0.1) is 5.69 Å². The number of amides is 1. The topological polar surface area (TPSA) is 68.0 Å². The second-order valence-electron chi connectivity index (χ2n) is 3.52. The van der Waals surface area contributed by atoms with Crippen LogP contribution in [0.5, 0.6) is 0 Å². The molecule has 1 amide bonds. The van der Waals surface area contributed by atoms with Gasteiger partial charge in [-0.2, -0.15) is 11.8 Å². The lowest BCUT2D eigenvalue weighted by molar-refractivity contribution is -0.114. The van der Waals surface area contributed by atoms with E-state index in [0.717, 1.165) is 24.4 Å². The van der Waals surface area contributed by atoms with Crippen molar-refractivity contribution >= 4 is 34.1 Å². The van der Waals surface area contributed by atoms with Crippen molar-refractivity contribution in [2.24, 2.45) is 5.73 Å². The number of thioether (sulfide) groups is 1. The lowest BCUT2D eigenvalue weighted by atomic mass is 10.3. The molecule has 0 aliphatic carbocycles. The Morgan fingerprint density at radius 2 is 2.50 bits per heavy atom. The normalized spacial score (nSPS) is 12.4. The number of nitrogens with two attached hydrogens (primary N) is 1. The molecule has 0 aliphatic rings. The molecule has 1 aromatic heterocycles. The van der Waals surface area contributed by atoms with E-state index >= 15 is 0 Å². The summed E-state index contributed by atoms with van der Waals surface area (Å²) in [5.74, 6) is 0.794. The largest absolute Gasteiger partial charge is 0.330 e. The standard InChI is InChI=1S/C10H17N3OS2/c1-7(3-4-11)15-5-9-6-16-10(13-9)12-8(2)14/h6-7H,3-5,11H2,1-2H3,(H,12,13,14). The first-order valence-electron chi connectivity index (χ1n) is 5.15. The summed E-state index contributed by atoms with van der Waals surface area (Å²) in [6, 6.07) is 0. The molecule has 0 aliphatic heterocycles. The molecule has 0 radical (unpaired) electrons. The van der Waals surface area contributed by atoms with Gasteiger partial charge < -0.3 is 11.1 Å². The Kier molecular flexibility index (Phi) is 5.79. The fraction of sp³-hybridized carbons (Fsp3) is 0.600. The van der Waals surface area contributed by atoms with Gasteiger partial charge in [-0.1, -0.05) is 6.92 Å². The third-order valence-corrected chi connectivity index (χ3v) is 4.00. The fourth-order valence-electron chi connectivity index (χ4n) is 1.13. The number of nitrogens with one attached hydrogen (secondary N) is 1. The summed E-state index contributed by atoms with van der Waals surface area (Å²) in [5, 5.41) is 5.88. The van der Waals surface area contributed by atoms with Gasteiger partial charge in [0.1, 0.15) is 0 Å². The average Bonchev–Trinajstić information content (AvgIpc) is 2.62. The first-order valence-corrected chi connectivity index (χ1v) is 7.08. The van der Waals surface area contributed by atoms with E-state index in [1.165, 1.54) is 18.3 Å². The Morgan fingerprint density at radius 3 is 3.12 bits per heavy atom. The van der Waals surface area contributed by atoms with Crippen LogP contribution in [0.4, 0.5) is 5.13 Å². The van der Waals surface area contributed by atoms with Gasteiger partial charge in [-0.3, -0.25) is 4.79 Å². The van der Waals surface area contributed by atoms with Gasteiger partial charge in [-0.25, -0.2) is 4.98 Å². The maximum Gasteiger partial charge on any atom is 0.223 e. The van der Waals surface area contributed by atoms with Gasteiger partial charge in [0.25, 0.3) is 0 Å². The fourth-order valence-corrected chi connectivity index (χ4v) is 2.89. The maximum atomic E-state index is 10.8. The van der Waals surface area contributed by atoms with Crippen LogP contribution in [0.1, 0.15) is 26.0 Å². The zero-order chi connectivity index (χ0) is 12.0. The van der Waals surface area contributed by atoms with Crippen molar-refractivity contribution < 1.29 is 4.79 Å². The molecule has 1 unspecified atom stereocenters. The van der Waals surface area contributed by atoms with Crippen LogP contribution in [0.3, 0.4) is 0 Å². The molecule has 6 heteroatoms. The maximum absolute atomic E-state index is 10.8. The van der Waals surface area contributed by atoms with Crippen molar-refractivity contribution in [1.29, 1.82) is 0 Å². The Labute approximate surface area is 104 Å². The van der Waals surface area contributed by atoms with Gasteiger partial charge in [0.15, 0.2) is 5.13 Å². The number of hydrogen-bond donors (Lipinski definition) is 2. The minimum atomic E-state index is -0.0787.